The van der Waals surface area contributed by atoms with Crippen molar-refractivity contribution in [3.8, 4) is 0 Å². The molecule has 1 aromatic heterocycles. The lowest BCUT2D eigenvalue weighted by atomic mass is 10.2. The summed E-state index contributed by atoms with van der Waals surface area (Å²) in [5.41, 5.74) is 4.85. The number of carbonyl (C=O) groups excluding carboxylic acids is 2. The highest BCUT2D eigenvalue weighted by atomic mass is 16.4. The molecule has 0 saturated carbocycles. The standard InChI is InChI=1S/C7H10N6O4/c8-5(14)1-4(7(16)17)10-6(15)2-13-3-9-11-12-13/h3-4H,1-2H2,(H2,8,14)(H,10,15)(H,16,17)/t4-/m0/s1. The number of aliphatic carboxylic acids is 1. The van der Waals surface area contributed by atoms with Crippen LogP contribution in [-0.4, -0.2) is 49.1 Å². The Kier molecular flexibility index (Phi) is 4.08. The van der Waals surface area contributed by atoms with Gasteiger partial charge in [0.1, 0.15) is 18.9 Å². The SMILES string of the molecule is NC(=O)C[C@H](NC(=O)Cn1cnnn1)C(=O)O. The van der Waals surface area contributed by atoms with E-state index in [9.17, 15) is 14.4 Å². The van der Waals surface area contributed by atoms with Gasteiger partial charge in [-0.1, -0.05) is 0 Å². The predicted molar refractivity (Wildman–Crippen MR) is 51.2 cm³/mol. The molecule has 0 spiro atoms. The second kappa shape index (κ2) is 5.53. The molecule has 0 aliphatic rings. The first kappa shape index (κ1) is 12.5. The molecule has 17 heavy (non-hydrogen) atoms. The van der Waals surface area contributed by atoms with E-state index < -0.39 is 30.2 Å². The van der Waals surface area contributed by atoms with Crippen molar-refractivity contribution in [2.24, 2.45) is 5.73 Å². The number of carboxylic acids is 1. The summed E-state index contributed by atoms with van der Waals surface area (Å²) in [7, 11) is 0. The average Bonchev–Trinajstić information content (AvgIpc) is 2.68. The minimum Gasteiger partial charge on any atom is -0.480 e. The molecule has 0 bridgehead atoms. The number of aromatic nitrogens is 4. The molecule has 0 aromatic carbocycles. The zero-order valence-electron chi connectivity index (χ0n) is 8.61. The second-order valence-electron chi connectivity index (χ2n) is 3.14. The molecule has 4 N–H and O–H groups in total. The molecule has 0 fully saturated rings. The third-order valence-electron chi connectivity index (χ3n) is 1.74. The Morgan fingerprint density at radius 3 is 2.65 bits per heavy atom. The van der Waals surface area contributed by atoms with Crippen molar-refractivity contribution in [1.29, 1.82) is 0 Å². The molecule has 0 unspecified atom stereocenters. The fourth-order valence-electron chi connectivity index (χ4n) is 1.04. The van der Waals surface area contributed by atoms with Crippen LogP contribution >= 0.6 is 0 Å². The van der Waals surface area contributed by atoms with Gasteiger partial charge in [-0.2, -0.15) is 0 Å². The highest BCUT2D eigenvalue weighted by Gasteiger charge is 2.22. The van der Waals surface area contributed by atoms with Gasteiger partial charge in [0.15, 0.2) is 0 Å². The Balaban J connectivity index is 2.52. The van der Waals surface area contributed by atoms with E-state index in [1.807, 2.05) is 0 Å². The van der Waals surface area contributed by atoms with Crippen LogP contribution in [0, 0.1) is 0 Å². The molecule has 0 saturated heterocycles. The first-order valence-electron chi connectivity index (χ1n) is 4.50. The van der Waals surface area contributed by atoms with E-state index in [1.54, 1.807) is 0 Å². The monoisotopic (exact) mass is 242 g/mol. The summed E-state index contributed by atoms with van der Waals surface area (Å²) in [4.78, 5) is 32.6. The van der Waals surface area contributed by atoms with Gasteiger partial charge in [-0.05, 0) is 10.4 Å². The average molecular weight is 242 g/mol. The molecule has 92 valence electrons. The number of primary amides is 1. The molecule has 1 rings (SSSR count). The number of nitrogens with one attached hydrogen (secondary N) is 1. The molecule has 1 heterocycles. The van der Waals surface area contributed by atoms with Crippen LogP contribution in [-0.2, 0) is 20.9 Å². The summed E-state index contributed by atoms with van der Waals surface area (Å²) < 4.78 is 1.11. The molecule has 10 heteroatoms. The maximum atomic E-state index is 11.4. The fourth-order valence-corrected chi connectivity index (χ4v) is 1.04. The van der Waals surface area contributed by atoms with Crippen LogP contribution in [0.3, 0.4) is 0 Å². The summed E-state index contributed by atoms with van der Waals surface area (Å²) in [6, 6.07) is -1.35. The summed E-state index contributed by atoms with van der Waals surface area (Å²) in [6.07, 6.45) is 0.722. The maximum Gasteiger partial charge on any atom is 0.326 e. The Hall–Kier alpha value is -2.52. The first-order valence-corrected chi connectivity index (χ1v) is 4.50. The minimum absolute atomic E-state index is 0.241. The van der Waals surface area contributed by atoms with Crippen molar-refractivity contribution in [3.63, 3.8) is 0 Å². The number of hydrogen-bond donors (Lipinski definition) is 3. The minimum atomic E-state index is -1.35. The molecule has 0 aliphatic heterocycles. The van der Waals surface area contributed by atoms with Crippen LogP contribution in [0.25, 0.3) is 0 Å². The zero-order chi connectivity index (χ0) is 12.8. The van der Waals surface area contributed by atoms with Crippen LogP contribution in [0.5, 0.6) is 0 Å². The molecule has 2 amide bonds. The maximum absolute atomic E-state index is 11.4. The topological polar surface area (TPSA) is 153 Å². The quantitative estimate of drug-likeness (QED) is 0.484. The van der Waals surface area contributed by atoms with Gasteiger partial charge < -0.3 is 16.2 Å². The third kappa shape index (κ3) is 4.24. The molecule has 0 radical (unpaired) electrons. The summed E-state index contributed by atoms with van der Waals surface area (Å²) in [5.74, 6) is -2.79. The molecule has 1 aromatic rings. The number of nitrogens with zero attached hydrogens (tertiary/aromatic N) is 4. The van der Waals surface area contributed by atoms with Crippen LogP contribution in [0.15, 0.2) is 6.33 Å². The highest BCUT2D eigenvalue weighted by Crippen LogP contribution is 1.92. The number of hydrogen-bond acceptors (Lipinski definition) is 6. The van der Waals surface area contributed by atoms with E-state index in [1.165, 1.54) is 6.33 Å². The van der Waals surface area contributed by atoms with Crippen molar-refractivity contribution >= 4 is 17.8 Å². The van der Waals surface area contributed by atoms with Crippen molar-refractivity contribution in [3.05, 3.63) is 6.33 Å². The van der Waals surface area contributed by atoms with Gasteiger partial charge in [0, 0.05) is 0 Å². The molecular formula is C7H10N6O4. The fraction of sp³-hybridized carbons (Fsp3) is 0.429. The highest BCUT2D eigenvalue weighted by molar-refractivity contribution is 5.87. The molecule has 0 aliphatic carbocycles. The predicted octanol–water partition coefficient (Wildman–Crippen LogP) is -2.88. The number of tetrazole rings is 1. The Labute approximate surface area is 94.8 Å². The lowest BCUT2D eigenvalue weighted by Crippen LogP contribution is -2.44. The molecule has 1 atom stereocenters. The first-order chi connectivity index (χ1) is 7.99. The largest absolute Gasteiger partial charge is 0.480 e. The number of nitrogens with two attached hydrogens (primary N) is 1. The van der Waals surface area contributed by atoms with Gasteiger partial charge in [0.2, 0.25) is 11.8 Å². The zero-order valence-corrected chi connectivity index (χ0v) is 8.61. The smallest absolute Gasteiger partial charge is 0.326 e. The van der Waals surface area contributed by atoms with E-state index in [0.29, 0.717) is 0 Å². The number of amides is 2. The lowest BCUT2D eigenvalue weighted by Gasteiger charge is -2.12. The van der Waals surface area contributed by atoms with Crippen molar-refractivity contribution in [2.45, 2.75) is 19.0 Å². The van der Waals surface area contributed by atoms with Crippen molar-refractivity contribution < 1.29 is 19.5 Å². The van der Waals surface area contributed by atoms with Gasteiger partial charge in [0.25, 0.3) is 0 Å². The molecular weight excluding hydrogens is 232 g/mol. The number of carbonyl (C=O) groups is 3. The van der Waals surface area contributed by atoms with Gasteiger partial charge in [0.05, 0.1) is 6.42 Å². The van der Waals surface area contributed by atoms with Crippen molar-refractivity contribution in [1.82, 2.24) is 25.5 Å². The second-order valence-corrected chi connectivity index (χ2v) is 3.14. The van der Waals surface area contributed by atoms with E-state index in [2.05, 4.69) is 20.8 Å². The van der Waals surface area contributed by atoms with E-state index in [-0.39, 0.29) is 6.54 Å². The van der Waals surface area contributed by atoms with Gasteiger partial charge in [-0.3, -0.25) is 9.59 Å². The van der Waals surface area contributed by atoms with Crippen LogP contribution in [0.1, 0.15) is 6.42 Å². The number of rotatable bonds is 6. The van der Waals surface area contributed by atoms with E-state index >= 15 is 0 Å². The van der Waals surface area contributed by atoms with Gasteiger partial charge >= 0.3 is 5.97 Å². The van der Waals surface area contributed by atoms with E-state index in [4.69, 9.17) is 10.8 Å². The van der Waals surface area contributed by atoms with Crippen LogP contribution in [0.4, 0.5) is 0 Å². The number of carboxylic acid groups (broad SMARTS) is 1. The van der Waals surface area contributed by atoms with Crippen LogP contribution < -0.4 is 11.1 Å². The Morgan fingerprint density at radius 2 is 2.18 bits per heavy atom. The Bertz CT molecular complexity index is 416. The van der Waals surface area contributed by atoms with Crippen molar-refractivity contribution in [2.75, 3.05) is 0 Å². The van der Waals surface area contributed by atoms with Gasteiger partial charge in [-0.25, -0.2) is 9.48 Å². The summed E-state index contributed by atoms with van der Waals surface area (Å²) in [6.45, 7) is -0.241. The van der Waals surface area contributed by atoms with Crippen LogP contribution in [0.2, 0.25) is 0 Å². The Morgan fingerprint density at radius 1 is 1.47 bits per heavy atom. The van der Waals surface area contributed by atoms with E-state index in [0.717, 1.165) is 4.68 Å². The third-order valence-corrected chi connectivity index (χ3v) is 1.74. The molecule has 10 nitrogen and oxygen atoms in total. The summed E-state index contributed by atoms with van der Waals surface area (Å²) >= 11 is 0. The summed E-state index contributed by atoms with van der Waals surface area (Å²) in [5, 5.41) is 20.9. The van der Waals surface area contributed by atoms with Gasteiger partial charge in [-0.15, -0.1) is 5.10 Å². The lowest BCUT2D eigenvalue weighted by molar-refractivity contribution is -0.143. The normalized spacial score (nSPS) is 11.8.